The van der Waals surface area contributed by atoms with Crippen molar-refractivity contribution in [1.82, 2.24) is 10.2 Å². The highest BCUT2D eigenvalue weighted by Gasteiger charge is 2.33. The van der Waals surface area contributed by atoms with E-state index in [-0.39, 0.29) is 23.2 Å². The maximum absolute atomic E-state index is 13.8. The van der Waals surface area contributed by atoms with Crippen LogP contribution in [0, 0.1) is 12.7 Å². The van der Waals surface area contributed by atoms with Gasteiger partial charge in [-0.15, -0.1) is 0 Å². The zero-order valence-electron chi connectivity index (χ0n) is 21.7. The van der Waals surface area contributed by atoms with Crippen LogP contribution < -0.4 is 9.62 Å². The van der Waals surface area contributed by atoms with Gasteiger partial charge in [-0.05, 0) is 81.3 Å². The minimum absolute atomic E-state index is 0.0119. The maximum atomic E-state index is 13.8. The van der Waals surface area contributed by atoms with E-state index in [9.17, 15) is 22.4 Å². The smallest absolute Gasteiger partial charge is 0.264 e. The summed E-state index contributed by atoms with van der Waals surface area (Å²) >= 11 is 6.11. The van der Waals surface area contributed by atoms with Gasteiger partial charge in [0, 0.05) is 17.6 Å². The van der Waals surface area contributed by atoms with Crippen LogP contribution in [0.5, 0.6) is 0 Å². The molecule has 7 nitrogen and oxygen atoms in total. The van der Waals surface area contributed by atoms with E-state index in [4.69, 9.17) is 11.6 Å². The van der Waals surface area contributed by atoms with Crippen molar-refractivity contribution < 1.29 is 22.4 Å². The second-order valence-corrected chi connectivity index (χ2v) is 11.5. The number of nitrogens with one attached hydrogen (secondary N) is 1. The van der Waals surface area contributed by atoms with Crippen LogP contribution >= 0.6 is 11.6 Å². The van der Waals surface area contributed by atoms with Gasteiger partial charge in [0.1, 0.15) is 18.4 Å². The van der Waals surface area contributed by atoms with Crippen molar-refractivity contribution in [2.75, 3.05) is 10.8 Å². The third-order valence-electron chi connectivity index (χ3n) is 5.90. The third kappa shape index (κ3) is 7.11. The minimum Gasteiger partial charge on any atom is -0.352 e. The van der Waals surface area contributed by atoms with Crippen LogP contribution in [0.4, 0.5) is 10.1 Å². The molecule has 2 amide bonds. The largest absolute Gasteiger partial charge is 0.352 e. The first-order valence-electron chi connectivity index (χ1n) is 12.1. The van der Waals surface area contributed by atoms with Gasteiger partial charge in [0.05, 0.1) is 10.6 Å². The van der Waals surface area contributed by atoms with E-state index in [2.05, 4.69) is 5.32 Å². The van der Waals surface area contributed by atoms with Crippen LogP contribution in [-0.2, 0) is 26.2 Å². The lowest BCUT2D eigenvalue weighted by Crippen LogP contribution is -2.52. The number of halogens is 2. The van der Waals surface area contributed by atoms with Crippen LogP contribution in [-0.4, -0.2) is 43.8 Å². The number of aryl methyl sites for hydroxylation is 1. The Morgan fingerprint density at radius 3 is 2.18 bits per heavy atom. The summed E-state index contributed by atoms with van der Waals surface area (Å²) < 4.78 is 42.1. The first-order chi connectivity index (χ1) is 17.9. The number of nitrogens with zero attached hydrogens (tertiary/aromatic N) is 2. The maximum Gasteiger partial charge on any atom is 0.264 e. The molecule has 0 saturated carbocycles. The predicted molar refractivity (Wildman–Crippen MR) is 147 cm³/mol. The Kier molecular flexibility index (Phi) is 9.51. The van der Waals surface area contributed by atoms with Gasteiger partial charge in [-0.3, -0.25) is 13.9 Å². The van der Waals surface area contributed by atoms with E-state index in [1.807, 2.05) is 0 Å². The van der Waals surface area contributed by atoms with Gasteiger partial charge >= 0.3 is 0 Å². The number of hydrogen-bond acceptors (Lipinski definition) is 4. The molecule has 0 spiro atoms. The standard InChI is InChI=1S/C28H31ClFN3O4S/c1-19(2)31-28(35)21(4)32(17-22-10-13-24(30)14-11-22)27(34)18-33(26-15-12-23(29)16-20(26)3)38(36,37)25-8-6-5-7-9-25/h5-16,19,21H,17-18H2,1-4H3,(H,31,35)/t21-/m0/s1. The number of hydrogen-bond donors (Lipinski definition) is 1. The average Bonchev–Trinajstić information content (AvgIpc) is 2.87. The molecule has 0 radical (unpaired) electrons. The molecular formula is C28H31ClFN3O4S. The SMILES string of the molecule is Cc1cc(Cl)ccc1N(CC(=O)N(Cc1ccc(F)cc1)[C@@H](C)C(=O)NC(C)C)S(=O)(=O)c1ccccc1. The summed E-state index contributed by atoms with van der Waals surface area (Å²) in [5.74, 6) is -1.43. The van der Waals surface area contributed by atoms with Gasteiger partial charge in [0.15, 0.2) is 0 Å². The van der Waals surface area contributed by atoms with E-state index in [0.717, 1.165) is 4.31 Å². The summed E-state index contributed by atoms with van der Waals surface area (Å²) in [5.41, 5.74) is 1.43. The monoisotopic (exact) mass is 559 g/mol. The molecule has 0 fully saturated rings. The third-order valence-corrected chi connectivity index (χ3v) is 7.91. The Hall–Kier alpha value is -3.43. The molecule has 0 saturated heterocycles. The predicted octanol–water partition coefficient (Wildman–Crippen LogP) is 4.92. The molecule has 1 N–H and O–H groups in total. The van der Waals surface area contributed by atoms with Crippen molar-refractivity contribution in [2.24, 2.45) is 0 Å². The molecule has 0 aromatic heterocycles. The highest BCUT2D eigenvalue weighted by molar-refractivity contribution is 7.92. The van der Waals surface area contributed by atoms with Gasteiger partial charge in [0.25, 0.3) is 10.0 Å². The van der Waals surface area contributed by atoms with Crippen LogP contribution in [0.2, 0.25) is 5.02 Å². The van der Waals surface area contributed by atoms with E-state index in [1.165, 1.54) is 41.3 Å². The fourth-order valence-corrected chi connectivity index (χ4v) is 5.63. The first-order valence-corrected chi connectivity index (χ1v) is 13.9. The number of sulfonamides is 1. The van der Waals surface area contributed by atoms with Crippen LogP contribution in [0.1, 0.15) is 31.9 Å². The second kappa shape index (κ2) is 12.4. The Balaban J connectivity index is 2.05. The van der Waals surface area contributed by atoms with Crippen molar-refractivity contribution >= 4 is 39.1 Å². The lowest BCUT2D eigenvalue weighted by Gasteiger charge is -2.32. The van der Waals surface area contributed by atoms with Crippen molar-refractivity contribution in [3.05, 3.63) is 94.8 Å². The van der Waals surface area contributed by atoms with E-state index in [1.54, 1.807) is 64.1 Å². The van der Waals surface area contributed by atoms with Crippen molar-refractivity contribution in [3.63, 3.8) is 0 Å². The second-order valence-electron chi connectivity index (χ2n) is 9.24. The number of carbonyl (C=O) groups is 2. The highest BCUT2D eigenvalue weighted by atomic mass is 35.5. The zero-order chi connectivity index (χ0) is 28.0. The average molecular weight is 560 g/mol. The van der Waals surface area contributed by atoms with Crippen LogP contribution in [0.15, 0.2) is 77.7 Å². The summed E-state index contributed by atoms with van der Waals surface area (Å²) in [6.45, 7) is 6.28. The number of anilines is 1. The molecule has 1 atom stereocenters. The fourth-order valence-electron chi connectivity index (χ4n) is 3.91. The van der Waals surface area contributed by atoms with Gasteiger partial charge in [-0.1, -0.05) is 41.9 Å². The molecule has 0 aliphatic heterocycles. The molecule has 0 aliphatic rings. The molecule has 3 aromatic carbocycles. The normalized spacial score (nSPS) is 12.2. The first kappa shape index (κ1) is 29.1. The highest BCUT2D eigenvalue weighted by Crippen LogP contribution is 2.29. The summed E-state index contributed by atoms with van der Waals surface area (Å²) in [4.78, 5) is 28.0. The Bertz CT molecular complexity index is 1380. The van der Waals surface area contributed by atoms with E-state index in [0.29, 0.717) is 16.1 Å². The van der Waals surface area contributed by atoms with Gasteiger partial charge in [-0.25, -0.2) is 12.8 Å². The molecule has 0 aliphatic carbocycles. The number of benzene rings is 3. The molecule has 0 bridgehead atoms. The minimum atomic E-state index is -4.17. The van der Waals surface area contributed by atoms with Gasteiger partial charge in [-0.2, -0.15) is 0 Å². The number of rotatable bonds is 10. The Labute approximate surface area is 228 Å². The number of carbonyl (C=O) groups excluding carboxylic acids is 2. The number of amides is 2. The summed E-state index contributed by atoms with van der Waals surface area (Å²) in [5, 5.41) is 3.21. The molecule has 0 heterocycles. The topological polar surface area (TPSA) is 86.8 Å². The van der Waals surface area contributed by atoms with Gasteiger partial charge in [0.2, 0.25) is 11.8 Å². The molecule has 38 heavy (non-hydrogen) atoms. The Morgan fingerprint density at radius 2 is 1.61 bits per heavy atom. The Morgan fingerprint density at radius 1 is 0.974 bits per heavy atom. The molecule has 10 heteroatoms. The summed E-state index contributed by atoms with van der Waals surface area (Å²) in [7, 11) is -4.17. The van der Waals surface area contributed by atoms with E-state index >= 15 is 0 Å². The zero-order valence-corrected chi connectivity index (χ0v) is 23.3. The quantitative estimate of drug-likeness (QED) is 0.382. The van der Waals surface area contributed by atoms with Crippen LogP contribution in [0.25, 0.3) is 0 Å². The van der Waals surface area contributed by atoms with Crippen molar-refractivity contribution in [3.8, 4) is 0 Å². The lowest BCUT2D eigenvalue weighted by molar-refractivity contribution is -0.139. The van der Waals surface area contributed by atoms with Crippen LogP contribution in [0.3, 0.4) is 0 Å². The fraction of sp³-hybridized carbons (Fsp3) is 0.286. The van der Waals surface area contributed by atoms with Gasteiger partial charge < -0.3 is 10.2 Å². The molecule has 202 valence electrons. The molecule has 3 rings (SSSR count). The molecular weight excluding hydrogens is 529 g/mol. The van der Waals surface area contributed by atoms with E-state index < -0.39 is 40.2 Å². The van der Waals surface area contributed by atoms with Crippen molar-refractivity contribution in [1.29, 1.82) is 0 Å². The molecule has 0 unspecified atom stereocenters. The summed E-state index contributed by atoms with van der Waals surface area (Å²) in [6, 6.07) is 17.0. The molecule has 3 aromatic rings. The lowest BCUT2D eigenvalue weighted by atomic mass is 10.1. The summed E-state index contributed by atoms with van der Waals surface area (Å²) in [6.07, 6.45) is 0. The van der Waals surface area contributed by atoms with Crippen molar-refractivity contribution in [2.45, 2.75) is 51.2 Å².